The largest absolute Gasteiger partial charge is 0.493 e. The molecule has 17 nitrogen and oxygen atoms in total. The van der Waals surface area contributed by atoms with Gasteiger partial charge in [0.05, 0.1) is 18.8 Å². The highest BCUT2D eigenvalue weighted by molar-refractivity contribution is 5.89. The number of amides is 5. The summed E-state index contributed by atoms with van der Waals surface area (Å²) in [7, 11) is 0. The van der Waals surface area contributed by atoms with Crippen molar-refractivity contribution in [2.75, 3.05) is 39.4 Å². The number of nitrogens with zero attached hydrogens (tertiary/aromatic N) is 5. The Hall–Kier alpha value is -8.65. The van der Waals surface area contributed by atoms with Crippen LogP contribution in [0, 0.1) is 11.6 Å². The number of aliphatic hydroxyl groups excluding tert-OH is 2. The second-order valence-electron chi connectivity index (χ2n) is 24.9. The molecule has 2 aliphatic heterocycles. The third-order valence-electron chi connectivity index (χ3n) is 15.1. The number of halogens is 2. The van der Waals surface area contributed by atoms with Crippen molar-refractivity contribution in [3.63, 3.8) is 0 Å². The van der Waals surface area contributed by atoms with E-state index in [9.17, 15) is 38.6 Å². The van der Waals surface area contributed by atoms with Gasteiger partial charge in [-0.25, -0.2) is 18.4 Å². The minimum atomic E-state index is -1.52. The molecule has 8 rings (SSSR count). The predicted molar refractivity (Wildman–Crippen MR) is 344 cm³/mol. The first-order valence-electron chi connectivity index (χ1n) is 30.9. The predicted octanol–water partition coefficient (Wildman–Crippen LogP) is 10.7. The summed E-state index contributed by atoms with van der Waals surface area (Å²) >= 11 is 0. The quantitative estimate of drug-likeness (QED) is 0.0487. The molecule has 2 aliphatic rings. The summed E-state index contributed by atoms with van der Waals surface area (Å²) in [6.45, 7) is 20.2. The van der Waals surface area contributed by atoms with Crippen molar-refractivity contribution in [2.45, 2.75) is 148 Å². The van der Waals surface area contributed by atoms with Crippen molar-refractivity contribution in [3.05, 3.63) is 215 Å². The van der Waals surface area contributed by atoms with Crippen molar-refractivity contribution < 1.29 is 61.9 Å². The number of carbonyl (C=O) groups excluding carboxylic acids is 5. The lowest BCUT2D eigenvalue weighted by molar-refractivity contribution is -0.150. The zero-order valence-corrected chi connectivity index (χ0v) is 53.5. The fourth-order valence-electron chi connectivity index (χ4n) is 11.1. The van der Waals surface area contributed by atoms with Crippen molar-refractivity contribution in [2.24, 2.45) is 0 Å². The highest BCUT2D eigenvalue weighted by Crippen LogP contribution is 2.30. The van der Waals surface area contributed by atoms with E-state index in [-0.39, 0.29) is 58.1 Å². The van der Waals surface area contributed by atoms with E-state index in [1.807, 2.05) is 128 Å². The molecule has 2 saturated heterocycles. The summed E-state index contributed by atoms with van der Waals surface area (Å²) in [5.74, 6) is -1.68. The molecular formula is C72H88F2N6O11. The molecule has 19 heteroatoms. The van der Waals surface area contributed by atoms with Crippen LogP contribution < -0.4 is 14.8 Å². The van der Waals surface area contributed by atoms with Crippen LogP contribution >= 0.6 is 0 Å². The van der Waals surface area contributed by atoms with Gasteiger partial charge < -0.3 is 44.3 Å². The van der Waals surface area contributed by atoms with Crippen LogP contribution in [0.25, 0.3) is 0 Å². The summed E-state index contributed by atoms with van der Waals surface area (Å²) in [6.07, 6.45) is -1.89. The van der Waals surface area contributed by atoms with Crippen LogP contribution in [0.15, 0.2) is 170 Å². The smallest absolute Gasteiger partial charge is 0.411 e. The van der Waals surface area contributed by atoms with Crippen LogP contribution in [-0.4, -0.2) is 152 Å². The summed E-state index contributed by atoms with van der Waals surface area (Å²) in [5.41, 5.74) is 3.18. The lowest BCUT2D eigenvalue weighted by Gasteiger charge is -2.46. The van der Waals surface area contributed by atoms with E-state index in [2.05, 4.69) is 16.8 Å². The van der Waals surface area contributed by atoms with Gasteiger partial charge in [-0.05, 0) is 118 Å². The van der Waals surface area contributed by atoms with Crippen molar-refractivity contribution >= 4 is 29.9 Å². The Bertz CT molecular complexity index is 3290. The molecule has 0 saturated carbocycles. The van der Waals surface area contributed by atoms with Crippen LogP contribution in [0.5, 0.6) is 11.5 Å². The number of ether oxygens (including phenoxy) is 4. The van der Waals surface area contributed by atoms with Gasteiger partial charge in [0.15, 0.2) is 0 Å². The lowest BCUT2D eigenvalue weighted by atomic mass is 9.91. The zero-order valence-electron chi connectivity index (χ0n) is 53.5. The van der Waals surface area contributed by atoms with Gasteiger partial charge >= 0.3 is 12.2 Å². The van der Waals surface area contributed by atoms with Crippen LogP contribution in [-0.2, 0) is 62.9 Å². The molecule has 0 bridgehead atoms. The monoisotopic (exact) mass is 1250 g/mol. The molecule has 5 amide bonds. The molecule has 6 aromatic carbocycles. The molecule has 2 heterocycles. The van der Waals surface area contributed by atoms with Gasteiger partial charge in [0.2, 0.25) is 17.7 Å². The molecule has 0 aliphatic carbocycles. The SMILES string of the molecule is C=CCOc1cc(F)cc(C[C@H]([C@H](O)[C@H]2C(=O)N(Cc3ccccc3)CCN2C(=O)OC(C)(C)C)N(Cc2ccccc2)Cc2ccccc2)c1.CCCOc1cc(F)cc(C[C@H](NC(C)=O)[C@H](O)[C@H]2C(=O)N(Cc3ccccc3)CCN2C(=O)OC(C)(C)C)c1. The van der Waals surface area contributed by atoms with Crippen molar-refractivity contribution in [1.82, 2.24) is 29.8 Å². The number of hydrogen-bond acceptors (Lipinski definition) is 12. The summed E-state index contributed by atoms with van der Waals surface area (Å²) in [6, 6.07) is 43.0. The maximum absolute atomic E-state index is 15.1. The van der Waals surface area contributed by atoms with Gasteiger partial charge in [-0.2, -0.15) is 0 Å². The van der Waals surface area contributed by atoms with E-state index in [1.165, 1.54) is 41.0 Å². The minimum Gasteiger partial charge on any atom is -0.493 e. The topological polar surface area (TPSA) is 191 Å². The molecular weight excluding hydrogens is 1160 g/mol. The Labute approximate surface area is 534 Å². The molecule has 0 radical (unpaired) electrons. The van der Waals surface area contributed by atoms with Crippen LogP contribution in [0.3, 0.4) is 0 Å². The highest BCUT2D eigenvalue weighted by atomic mass is 19.1. The van der Waals surface area contributed by atoms with E-state index >= 15 is 4.39 Å². The number of rotatable bonds is 24. The Balaban J connectivity index is 0.000000267. The summed E-state index contributed by atoms with van der Waals surface area (Å²) < 4.78 is 52.1. The second kappa shape index (κ2) is 32.9. The van der Waals surface area contributed by atoms with Crippen molar-refractivity contribution in [1.29, 1.82) is 0 Å². The van der Waals surface area contributed by atoms with Gasteiger partial charge in [0.25, 0.3) is 0 Å². The van der Waals surface area contributed by atoms with E-state index in [4.69, 9.17) is 18.9 Å². The molecule has 6 atom stereocenters. The van der Waals surface area contributed by atoms with E-state index in [0.29, 0.717) is 48.9 Å². The molecule has 486 valence electrons. The maximum Gasteiger partial charge on any atom is 0.411 e. The molecule has 3 N–H and O–H groups in total. The van der Waals surface area contributed by atoms with Gasteiger partial charge in [-0.3, -0.25) is 29.1 Å². The Kier molecular flexibility index (Phi) is 25.2. The third-order valence-corrected chi connectivity index (χ3v) is 15.1. The number of piperazine rings is 2. The molecule has 0 spiro atoms. The Morgan fingerprint density at radius 1 is 0.593 bits per heavy atom. The third kappa shape index (κ3) is 21.2. The van der Waals surface area contributed by atoms with Gasteiger partial charge in [0, 0.05) is 77.5 Å². The molecule has 0 unspecified atom stereocenters. The molecule has 2 fully saturated rings. The van der Waals surface area contributed by atoms with E-state index in [1.54, 1.807) is 69.6 Å². The fourth-order valence-corrected chi connectivity index (χ4v) is 11.1. The van der Waals surface area contributed by atoms with Crippen molar-refractivity contribution in [3.8, 4) is 11.5 Å². The minimum absolute atomic E-state index is 0.00832. The summed E-state index contributed by atoms with van der Waals surface area (Å²) in [4.78, 5) is 75.5. The number of aliphatic hydroxyl groups is 2. The van der Waals surface area contributed by atoms with E-state index in [0.717, 1.165) is 28.7 Å². The first-order chi connectivity index (χ1) is 43.4. The average molecular weight is 1250 g/mol. The van der Waals surface area contributed by atoms with Crippen LogP contribution in [0.4, 0.5) is 18.4 Å². The number of carbonyl (C=O) groups is 5. The number of benzene rings is 6. The highest BCUT2D eigenvalue weighted by Gasteiger charge is 2.48. The zero-order chi connectivity index (χ0) is 65.8. The second-order valence-corrected chi connectivity index (χ2v) is 24.9. The van der Waals surface area contributed by atoms with E-state index < -0.39 is 83.2 Å². The Morgan fingerprint density at radius 2 is 1.00 bits per heavy atom. The first kappa shape index (κ1) is 69.8. The Morgan fingerprint density at radius 3 is 1.41 bits per heavy atom. The molecule has 0 aromatic heterocycles. The number of nitrogens with one attached hydrogen (secondary N) is 1. The van der Waals surface area contributed by atoms with Gasteiger partial charge in [0.1, 0.15) is 59.1 Å². The standard InChI is InChI=1S/C42H48FN3O5.C30H40FN3O6/c1-5-23-50-36-25-34(24-35(43)27-36)26-37(45(29-32-17-11-7-12-18-32)30-33-19-13-8-14-20-33)39(47)38-40(48)44(28-31-15-9-6-10-16-31)21-22-46(38)41(49)51-42(2,3)4;1-6-14-39-24-16-22(15-23(31)18-24)17-25(32-20(2)35)27(36)26-28(37)33(19-21-10-8-7-9-11-21)12-13-34(26)29(38)40-30(3,4)5/h5-20,24-25,27,37-39,47H,1,21-23,26,28-30H2,2-4H3;7-11,15-16,18,25-27,36H,6,12-14,17,19H2,1-5H3,(H,32,35)/t37-,38+,39+;25-,26-,27-/m10/s1. The normalized spacial score (nSPS) is 16.6. The summed E-state index contributed by atoms with van der Waals surface area (Å²) in [5, 5.41) is 27.1. The van der Waals surface area contributed by atoms with Gasteiger partial charge in [-0.1, -0.05) is 141 Å². The molecule has 91 heavy (non-hydrogen) atoms. The number of hydrogen-bond donors (Lipinski definition) is 3. The maximum atomic E-state index is 15.1. The first-order valence-corrected chi connectivity index (χ1v) is 30.9. The fraction of sp³-hybridized carbons (Fsp3) is 0.403. The van der Waals surface area contributed by atoms with Crippen LogP contribution in [0.1, 0.15) is 95.2 Å². The average Bonchev–Trinajstić information content (AvgIpc) is 0.814. The molecule has 6 aromatic rings. The van der Waals surface area contributed by atoms with Gasteiger partial charge in [-0.15, -0.1) is 0 Å². The van der Waals surface area contributed by atoms with Crippen LogP contribution in [0.2, 0.25) is 0 Å². The lowest BCUT2D eigenvalue weighted by Crippen LogP contribution is -2.66.